The molecule has 0 aliphatic heterocycles. The molecule has 0 fully saturated rings. The highest BCUT2D eigenvalue weighted by Crippen LogP contribution is 2.23. The summed E-state index contributed by atoms with van der Waals surface area (Å²) in [6, 6.07) is 12.7. The molecule has 176 valence electrons. The molecule has 0 bridgehead atoms. The first-order chi connectivity index (χ1) is 15.7. The molecule has 1 aromatic heterocycles. The van der Waals surface area contributed by atoms with Crippen molar-refractivity contribution < 1.29 is 13.2 Å². The van der Waals surface area contributed by atoms with Gasteiger partial charge in [-0.1, -0.05) is 43.3 Å². The van der Waals surface area contributed by atoms with Crippen molar-refractivity contribution >= 4 is 33.4 Å². The highest BCUT2D eigenvalue weighted by Gasteiger charge is 2.19. The minimum Gasteiger partial charge on any atom is -0.325 e. The van der Waals surface area contributed by atoms with Gasteiger partial charge in [0, 0.05) is 19.8 Å². The number of carbonyl (C=O) groups is 1. The lowest BCUT2D eigenvalue weighted by Crippen LogP contribution is -2.22. The Morgan fingerprint density at radius 2 is 1.88 bits per heavy atom. The molecular formula is C22H28N6O3S2. The molecule has 0 radical (unpaired) electrons. The number of amides is 1. The fourth-order valence-corrected chi connectivity index (χ4v) is 4.66. The van der Waals surface area contributed by atoms with Crippen LogP contribution < -0.4 is 5.32 Å². The molecule has 0 spiro atoms. The van der Waals surface area contributed by atoms with Crippen LogP contribution in [0, 0.1) is 6.92 Å². The maximum absolute atomic E-state index is 12.6. The summed E-state index contributed by atoms with van der Waals surface area (Å²) in [7, 11) is -0.667. The molecule has 33 heavy (non-hydrogen) atoms. The van der Waals surface area contributed by atoms with E-state index in [9.17, 15) is 13.2 Å². The minimum atomic E-state index is -3.60. The van der Waals surface area contributed by atoms with Gasteiger partial charge in [0.05, 0.1) is 16.3 Å². The SMILES string of the molecule is CCCCc1ccc(-n2nnnc2SCC(=O)Nc2cc(S(=O)(=O)N(C)C)ccc2C)cc1. The van der Waals surface area contributed by atoms with Crippen LogP contribution in [0.4, 0.5) is 5.69 Å². The first-order valence-electron chi connectivity index (χ1n) is 10.6. The number of rotatable bonds is 10. The maximum atomic E-state index is 12.6. The van der Waals surface area contributed by atoms with E-state index in [-0.39, 0.29) is 16.6 Å². The summed E-state index contributed by atoms with van der Waals surface area (Å²) in [4.78, 5) is 12.7. The summed E-state index contributed by atoms with van der Waals surface area (Å²) in [6.07, 6.45) is 3.32. The average Bonchev–Trinajstić information content (AvgIpc) is 3.26. The van der Waals surface area contributed by atoms with E-state index in [0.717, 1.165) is 34.8 Å². The van der Waals surface area contributed by atoms with E-state index < -0.39 is 10.0 Å². The number of aromatic nitrogens is 4. The first-order valence-corrected chi connectivity index (χ1v) is 13.0. The van der Waals surface area contributed by atoms with Gasteiger partial charge in [-0.2, -0.15) is 4.68 Å². The van der Waals surface area contributed by atoms with Gasteiger partial charge in [0.1, 0.15) is 0 Å². The highest BCUT2D eigenvalue weighted by molar-refractivity contribution is 7.99. The molecular weight excluding hydrogens is 460 g/mol. The largest absolute Gasteiger partial charge is 0.325 e. The number of nitrogens with zero attached hydrogens (tertiary/aromatic N) is 5. The van der Waals surface area contributed by atoms with Crippen LogP contribution in [-0.2, 0) is 21.2 Å². The number of hydrogen-bond acceptors (Lipinski definition) is 7. The van der Waals surface area contributed by atoms with E-state index in [1.807, 2.05) is 12.1 Å². The number of hydrogen-bond donors (Lipinski definition) is 1. The Hall–Kier alpha value is -2.76. The number of anilines is 1. The topological polar surface area (TPSA) is 110 Å². The second-order valence-electron chi connectivity index (χ2n) is 7.74. The third kappa shape index (κ3) is 6.18. The highest BCUT2D eigenvalue weighted by atomic mass is 32.2. The number of benzene rings is 2. The molecule has 0 atom stereocenters. The van der Waals surface area contributed by atoms with Crippen molar-refractivity contribution in [3.63, 3.8) is 0 Å². The Morgan fingerprint density at radius 1 is 1.15 bits per heavy atom. The third-order valence-corrected chi connectivity index (χ3v) is 7.77. The zero-order valence-corrected chi connectivity index (χ0v) is 20.8. The van der Waals surface area contributed by atoms with Crippen LogP contribution in [0.5, 0.6) is 0 Å². The fraction of sp³-hybridized carbons (Fsp3) is 0.364. The number of thioether (sulfide) groups is 1. The second-order valence-corrected chi connectivity index (χ2v) is 10.8. The molecule has 1 heterocycles. The minimum absolute atomic E-state index is 0.0685. The molecule has 9 nitrogen and oxygen atoms in total. The molecule has 0 aliphatic rings. The van der Waals surface area contributed by atoms with Crippen molar-refractivity contribution in [1.82, 2.24) is 24.5 Å². The Balaban J connectivity index is 1.67. The van der Waals surface area contributed by atoms with Crippen LogP contribution >= 0.6 is 11.8 Å². The number of aryl methyl sites for hydroxylation is 2. The molecule has 1 amide bonds. The first kappa shape index (κ1) is 24.9. The van der Waals surface area contributed by atoms with E-state index in [0.29, 0.717) is 10.8 Å². The van der Waals surface area contributed by atoms with Gasteiger partial charge in [0.2, 0.25) is 21.1 Å². The zero-order valence-electron chi connectivity index (χ0n) is 19.1. The van der Waals surface area contributed by atoms with Crippen molar-refractivity contribution in [1.29, 1.82) is 0 Å². The van der Waals surface area contributed by atoms with E-state index in [2.05, 4.69) is 39.9 Å². The Kier molecular flexibility index (Phi) is 8.22. The molecule has 3 rings (SSSR count). The molecule has 2 aromatic carbocycles. The summed E-state index contributed by atoms with van der Waals surface area (Å²) in [5.74, 6) is -0.217. The van der Waals surface area contributed by atoms with Crippen molar-refractivity contribution in [2.75, 3.05) is 25.2 Å². The lowest BCUT2D eigenvalue weighted by Gasteiger charge is -2.14. The van der Waals surface area contributed by atoms with Gasteiger partial charge in [-0.3, -0.25) is 4.79 Å². The van der Waals surface area contributed by atoms with Gasteiger partial charge >= 0.3 is 0 Å². The Morgan fingerprint density at radius 3 is 2.55 bits per heavy atom. The van der Waals surface area contributed by atoms with Crippen molar-refractivity contribution in [3.8, 4) is 5.69 Å². The standard InChI is InChI=1S/C22H28N6O3S2/c1-5-6-7-17-9-11-18(12-10-17)28-22(24-25-26-28)32-15-21(29)23-20-14-19(13-8-16(20)2)33(30,31)27(3)4/h8-14H,5-7,15H2,1-4H3,(H,23,29). The zero-order chi connectivity index (χ0) is 24.0. The van der Waals surface area contributed by atoms with Crippen LogP contribution in [0.15, 0.2) is 52.5 Å². The second kappa shape index (κ2) is 10.9. The number of carbonyl (C=O) groups excluding carboxylic acids is 1. The monoisotopic (exact) mass is 488 g/mol. The van der Waals surface area contributed by atoms with Crippen molar-refractivity contribution in [3.05, 3.63) is 53.6 Å². The Bertz CT molecular complexity index is 1210. The maximum Gasteiger partial charge on any atom is 0.242 e. The quantitative estimate of drug-likeness (QED) is 0.436. The van der Waals surface area contributed by atoms with Gasteiger partial charge in [-0.25, -0.2) is 12.7 Å². The van der Waals surface area contributed by atoms with Crippen molar-refractivity contribution in [2.45, 2.75) is 43.2 Å². The number of tetrazole rings is 1. The summed E-state index contributed by atoms with van der Waals surface area (Å²) in [5.41, 5.74) is 3.29. The van der Waals surface area contributed by atoms with Crippen LogP contribution in [0.25, 0.3) is 5.69 Å². The Labute approximate surface area is 198 Å². The van der Waals surface area contributed by atoms with Gasteiger partial charge in [-0.15, -0.1) is 5.10 Å². The lowest BCUT2D eigenvalue weighted by atomic mass is 10.1. The van der Waals surface area contributed by atoms with E-state index >= 15 is 0 Å². The van der Waals surface area contributed by atoms with E-state index in [1.54, 1.807) is 17.7 Å². The smallest absolute Gasteiger partial charge is 0.242 e. The lowest BCUT2D eigenvalue weighted by molar-refractivity contribution is -0.113. The molecule has 0 aliphatic carbocycles. The number of unbranched alkanes of at least 4 members (excludes halogenated alkanes) is 1. The summed E-state index contributed by atoms with van der Waals surface area (Å²) < 4.78 is 27.5. The van der Waals surface area contributed by atoms with Gasteiger partial charge in [0.25, 0.3) is 0 Å². The van der Waals surface area contributed by atoms with Crippen LogP contribution in [-0.4, -0.2) is 58.7 Å². The van der Waals surface area contributed by atoms with Gasteiger partial charge in [-0.05, 0) is 65.6 Å². The molecule has 3 aromatic rings. The predicted octanol–water partition coefficient (Wildman–Crippen LogP) is 3.29. The van der Waals surface area contributed by atoms with Gasteiger partial charge in [0.15, 0.2) is 0 Å². The van der Waals surface area contributed by atoms with E-state index in [4.69, 9.17) is 0 Å². The van der Waals surface area contributed by atoms with Crippen LogP contribution in [0.2, 0.25) is 0 Å². The van der Waals surface area contributed by atoms with Crippen molar-refractivity contribution in [2.24, 2.45) is 0 Å². The van der Waals surface area contributed by atoms with Crippen LogP contribution in [0.1, 0.15) is 30.9 Å². The molecule has 11 heteroatoms. The third-order valence-electron chi connectivity index (χ3n) is 5.03. The fourth-order valence-electron chi connectivity index (χ4n) is 3.04. The summed E-state index contributed by atoms with van der Waals surface area (Å²) >= 11 is 1.20. The summed E-state index contributed by atoms with van der Waals surface area (Å²) in [5, 5.41) is 15.1. The summed E-state index contributed by atoms with van der Waals surface area (Å²) in [6.45, 7) is 3.97. The molecule has 0 unspecified atom stereocenters. The molecule has 0 saturated carbocycles. The molecule has 1 N–H and O–H groups in total. The average molecular weight is 489 g/mol. The van der Waals surface area contributed by atoms with Gasteiger partial charge < -0.3 is 5.32 Å². The van der Waals surface area contributed by atoms with Crippen LogP contribution in [0.3, 0.4) is 0 Å². The van der Waals surface area contributed by atoms with E-state index in [1.165, 1.54) is 43.6 Å². The molecule has 0 saturated heterocycles. The normalized spacial score (nSPS) is 11.7. The number of nitrogens with one attached hydrogen (secondary N) is 1. The predicted molar refractivity (Wildman–Crippen MR) is 129 cm³/mol. The number of sulfonamides is 1.